The fourth-order valence-corrected chi connectivity index (χ4v) is 4.20. The fraction of sp³-hybridized carbons (Fsp3) is 0.130. The zero-order chi connectivity index (χ0) is 23.7. The molecule has 0 aliphatic heterocycles. The Bertz CT molecular complexity index is 1360. The lowest BCUT2D eigenvalue weighted by Crippen LogP contribution is -2.29. The smallest absolute Gasteiger partial charge is 0.349 e. The summed E-state index contributed by atoms with van der Waals surface area (Å²) in [6.07, 6.45) is -1.06. The van der Waals surface area contributed by atoms with Gasteiger partial charge in [0.15, 0.2) is 6.10 Å². The van der Waals surface area contributed by atoms with Crippen LogP contribution in [0, 0.1) is 12.7 Å². The molecule has 8 nitrogen and oxygen atoms in total. The first-order valence-electron chi connectivity index (χ1n) is 9.90. The minimum absolute atomic E-state index is 0.312. The van der Waals surface area contributed by atoms with E-state index in [9.17, 15) is 18.8 Å². The first-order valence-corrected chi connectivity index (χ1v) is 10.7. The first-order chi connectivity index (χ1) is 15.7. The van der Waals surface area contributed by atoms with E-state index in [0.717, 1.165) is 5.39 Å². The number of aromatic nitrogens is 2. The molecule has 4 rings (SSSR count). The highest BCUT2D eigenvalue weighted by atomic mass is 32.1. The lowest BCUT2D eigenvalue weighted by molar-refractivity contribution is -0.123. The molecule has 1 atom stereocenters. The van der Waals surface area contributed by atoms with E-state index in [4.69, 9.17) is 10.5 Å². The average Bonchev–Trinajstić information content (AvgIpc) is 3.35. The third-order valence-corrected chi connectivity index (χ3v) is 6.00. The molecule has 0 aliphatic rings. The average molecular weight is 466 g/mol. The standard InChI is InChI=1S/C23H19FN4O4S/c1-12-18-11-19(33-22(18)28(27-12)17-9-5-15(24)6-10-17)23(31)32-13(2)21(30)26-16-7-3-14(4-8-16)20(25)29/h3-11,13H,1-2H3,(H2,25,29)(H,26,30). The number of nitrogens with one attached hydrogen (secondary N) is 1. The van der Waals surface area contributed by atoms with Gasteiger partial charge in [0, 0.05) is 16.6 Å². The molecule has 1 unspecified atom stereocenters. The van der Waals surface area contributed by atoms with Gasteiger partial charge in [-0.3, -0.25) is 9.59 Å². The molecule has 2 heterocycles. The van der Waals surface area contributed by atoms with E-state index in [0.29, 0.717) is 32.3 Å². The van der Waals surface area contributed by atoms with E-state index < -0.39 is 23.9 Å². The number of benzene rings is 2. The number of hydrogen-bond donors (Lipinski definition) is 2. The number of esters is 1. The Morgan fingerprint density at radius 3 is 2.42 bits per heavy atom. The second-order valence-corrected chi connectivity index (χ2v) is 8.31. The summed E-state index contributed by atoms with van der Waals surface area (Å²) in [7, 11) is 0. The molecule has 4 aromatic rings. The van der Waals surface area contributed by atoms with Gasteiger partial charge < -0.3 is 15.8 Å². The van der Waals surface area contributed by atoms with Crippen molar-refractivity contribution in [3.63, 3.8) is 0 Å². The van der Waals surface area contributed by atoms with Crippen molar-refractivity contribution >= 4 is 45.0 Å². The van der Waals surface area contributed by atoms with Gasteiger partial charge in [0.25, 0.3) is 5.91 Å². The minimum Gasteiger partial charge on any atom is -0.448 e. The van der Waals surface area contributed by atoms with Crippen molar-refractivity contribution in [2.24, 2.45) is 5.73 Å². The van der Waals surface area contributed by atoms with Crippen LogP contribution in [0.25, 0.3) is 15.9 Å². The quantitative estimate of drug-likeness (QED) is 0.419. The van der Waals surface area contributed by atoms with Crippen LogP contribution in [0.5, 0.6) is 0 Å². The van der Waals surface area contributed by atoms with Gasteiger partial charge in [-0.05, 0) is 68.4 Å². The molecule has 0 spiro atoms. The Morgan fingerprint density at radius 2 is 1.79 bits per heavy atom. The first kappa shape index (κ1) is 22.2. The molecule has 2 aromatic heterocycles. The number of ether oxygens (including phenoxy) is 1. The maximum Gasteiger partial charge on any atom is 0.349 e. The van der Waals surface area contributed by atoms with Crippen LogP contribution in [0.1, 0.15) is 32.6 Å². The number of aryl methyl sites for hydroxylation is 1. The zero-order valence-electron chi connectivity index (χ0n) is 17.7. The van der Waals surface area contributed by atoms with E-state index in [2.05, 4.69) is 10.4 Å². The highest BCUT2D eigenvalue weighted by Crippen LogP contribution is 2.31. The summed E-state index contributed by atoms with van der Waals surface area (Å²) in [6.45, 7) is 3.27. The zero-order valence-corrected chi connectivity index (χ0v) is 18.5. The number of nitrogens with two attached hydrogens (primary N) is 1. The molecule has 168 valence electrons. The summed E-state index contributed by atoms with van der Waals surface area (Å²) in [6, 6.07) is 13.6. The van der Waals surface area contributed by atoms with Crippen molar-refractivity contribution < 1.29 is 23.5 Å². The molecule has 10 heteroatoms. The normalized spacial score (nSPS) is 11.8. The summed E-state index contributed by atoms with van der Waals surface area (Å²) >= 11 is 1.17. The number of primary amides is 1. The van der Waals surface area contributed by atoms with Gasteiger partial charge in [-0.25, -0.2) is 13.9 Å². The number of carbonyl (C=O) groups excluding carboxylic acids is 3. The predicted octanol–water partition coefficient (Wildman–Crippen LogP) is 3.82. The SMILES string of the molecule is Cc1nn(-c2ccc(F)cc2)c2sc(C(=O)OC(C)C(=O)Nc3ccc(C(N)=O)cc3)cc12. The van der Waals surface area contributed by atoms with Crippen molar-refractivity contribution in [2.45, 2.75) is 20.0 Å². The van der Waals surface area contributed by atoms with Crippen LogP contribution in [0.15, 0.2) is 54.6 Å². The number of fused-ring (bicyclic) bond motifs is 1. The topological polar surface area (TPSA) is 116 Å². The number of thiophene rings is 1. The molecular formula is C23H19FN4O4S. The summed E-state index contributed by atoms with van der Waals surface area (Å²) in [5, 5.41) is 7.85. The molecule has 0 bridgehead atoms. The monoisotopic (exact) mass is 466 g/mol. The number of rotatable bonds is 6. The van der Waals surface area contributed by atoms with Crippen molar-refractivity contribution in [1.29, 1.82) is 0 Å². The molecule has 0 radical (unpaired) electrons. The maximum atomic E-state index is 13.3. The van der Waals surface area contributed by atoms with Gasteiger partial charge in [0.2, 0.25) is 5.91 Å². The number of nitrogens with zero attached hydrogens (tertiary/aromatic N) is 2. The van der Waals surface area contributed by atoms with E-state index in [1.807, 2.05) is 6.92 Å². The summed E-state index contributed by atoms with van der Waals surface area (Å²) in [4.78, 5) is 37.3. The summed E-state index contributed by atoms with van der Waals surface area (Å²) in [5.74, 6) is -2.10. The van der Waals surface area contributed by atoms with Crippen LogP contribution >= 0.6 is 11.3 Å². The summed E-state index contributed by atoms with van der Waals surface area (Å²) < 4.78 is 20.2. The Kier molecular flexibility index (Phi) is 5.93. The lowest BCUT2D eigenvalue weighted by atomic mass is 10.2. The Morgan fingerprint density at radius 1 is 1.12 bits per heavy atom. The van der Waals surface area contributed by atoms with Crippen molar-refractivity contribution in [3.8, 4) is 5.69 Å². The molecule has 3 N–H and O–H groups in total. The van der Waals surface area contributed by atoms with E-state index >= 15 is 0 Å². The highest BCUT2D eigenvalue weighted by molar-refractivity contribution is 7.20. The molecular weight excluding hydrogens is 447 g/mol. The van der Waals surface area contributed by atoms with E-state index in [1.54, 1.807) is 22.9 Å². The Hall–Kier alpha value is -4.05. The number of hydrogen-bond acceptors (Lipinski definition) is 6. The molecule has 2 amide bonds. The van der Waals surface area contributed by atoms with Crippen molar-refractivity contribution in [3.05, 3.63) is 76.5 Å². The van der Waals surface area contributed by atoms with Crippen molar-refractivity contribution in [1.82, 2.24) is 9.78 Å². The lowest BCUT2D eigenvalue weighted by Gasteiger charge is -2.13. The van der Waals surface area contributed by atoms with Crippen molar-refractivity contribution in [2.75, 3.05) is 5.32 Å². The Balaban J connectivity index is 1.48. The second kappa shape index (κ2) is 8.83. The molecule has 0 saturated heterocycles. The fourth-order valence-electron chi connectivity index (χ4n) is 3.14. The van der Waals surface area contributed by atoms with Gasteiger partial charge in [-0.15, -0.1) is 11.3 Å². The minimum atomic E-state index is -1.06. The molecule has 33 heavy (non-hydrogen) atoms. The third kappa shape index (κ3) is 4.60. The molecule has 0 saturated carbocycles. The van der Waals surface area contributed by atoms with Gasteiger partial charge in [-0.2, -0.15) is 5.10 Å². The van der Waals surface area contributed by atoms with Gasteiger partial charge in [0.05, 0.1) is 11.4 Å². The van der Waals surface area contributed by atoms with Gasteiger partial charge >= 0.3 is 5.97 Å². The number of carbonyl (C=O) groups is 3. The van der Waals surface area contributed by atoms with Crippen LogP contribution < -0.4 is 11.1 Å². The summed E-state index contributed by atoms with van der Waals surface area (Å²) in [5.41, 5.74) is 7.31. The second-order valence-electron chi connectivity index (χ2n) is 7.28. The number of halogens is 1. The van der Waals surface area contributed by atoms with Crippen LogP contribution in [-0.4, -0.2) is 33.7 Å². The Labute approximate surface area is 191 Å². The van der Waals surface area contributed by atoms with Gasteiger partial charge in [0.1, 0.15) is 15.5 Å². The third-order valence-electron chi connectivity index (χ3n) is 4.91. The number of anilines is 1. The predicted molar refractivity (Wildman–Crippen MR) is 122 cm³/mol. The molecule has 2 aromatic carbocycles. The van der Waals surface area contributed by atoms with Crippen LogP contribution in [0.3, 0.4) is 0 Å². The molecule has 0 fully saturated rings. The van der Waals surface area contributed by atoms with Gasteiger partial charge in [-0.1, -0.05) is 0 Å². The van der Waals surface area contributed by atoms with Crippen LogP contribution in [0.2, 0.25) is 0 Å². The van der Waals surface area contributed by atoms with Crippen LogP contribution in [-0.2, 0) is 9.53 Å². The highest BCUT2D eigenvalue weighted by Gasteiger charge is 2.23. The largest absolute Gasteiger partial charge is 0.448 e. The van der Waals surface area contributed by atoms with E-state index in [-0.39, 0.29) is 5.82 Å². The van der Waals surface area contributed by atoms with E-state index in [1.165, 1.54) is 54.7 Å². The van der Waals surface area contributed by atoms with Crippen LogP contribution in [0.4, 0.5) is 10.1 Å². The molecule has 0 aliphatic carbocycles. The number of amides is 2. The maximum absolute atomic E-state index is 13.3.